The number of hydrogen-bond donors (Lipinski definition) is 0. The third-order valence-electron chi connectivity index (χ3n) is 2.98. The minimum atomic E-state index is -3.64. The SMILES string of the molecule is CCCN(C(=O)n1cnc(S(=O)(=O)CCOCC)n1)C(C)C. The number of hydrogen-bond acceptors (Lipinski definition) is 6. The summed E-state index contributed by atoms with van der Waals surface area (Å²) < 4.78 is 30.1. The fourth-order valence-electron chi connectivity index (χ4n) is 1.83. The highest BCUT2D eigenvalue weighted by Gasteiger charge is 2.24. The van der Waals surface area contributed by atoms with E-state index >= 15 is 0 Å². The maximum atomic E-state index is 12.3. The first kappa shape index (κ1) is 18.6. The zero-order valence-corrected chi connectivity index (χ0v) is 14.3. The largest absolute Gasteiger partial charge is 0.381 e. The van der Waals surface area contributed by atoms with Gasteiger partial charge in [0.05, 0.1) is 12.4 Å². The van der Waals surface area contributed by atoms with Gasteiger partial charge in [0.25, 0.3) is 5.16 Å². The van der Waals surface area contributed by atoms with Crippen LogP contribution in [0.1, 0.15) is 34.1 Å². The first-order valence-electron chi connectivity index (χ1n) is 7.36. The monoisotopic (exact) mass is 332 g/mol. The summed E-state index contributed by atoms with van der Waals surface area (Å²) in [6, 6.07) is -0.384. The van der Waals surface area contributed by atoms with Gasteiger partial charge < -0.3 is 9.64 Å². The van der Waals surface area contributed by atoms with E-state index in [0.29, 0.717) is 13.2 Å². The van der Waals surface area contributed by atoms with Gasteiger partial charge in [-0.1, -0.05) is 6.92 Å². The molecule has 0 saturated carbocycles. The summed E-state index contributed by atoms with van der Waals surface area (Å²) in [7, 11) is -3.64. The van der Waals surface area contributed by atoms with Crippen molar-refractivity contribution >= 4 is 15.9 Å². The molecule has 0 aliphatic carbocycles. The third-order valence-corrected chi connectivity index (χ3v) is 4.43. The Morgan fingerprint density at radius 2 is 2.09 bits per heavy atom. The van der Waals surface area contributed by atoms with Crippen LogP contribution in [-0.4, -0.2) is 65.7 Å². The van der Waals surface area contributed by atoms with E-state index in [1.807, 2.05) is 20.8 Å². The standard InChI is InChI=1S/C13H24N4O4S/c1-5-7-16(11(3)4)13(18)17-10-14-12(15-17)22(19,20)9-8-21-6-2/h10-11H,5-9H2,1-4H3. The number of sulfone groups is 1. The molecule has 1 aromatic heterocycles. The van der Waals surface area contributed by atoms with E-state index in [9.17, 15) is 13.2 Å². The summed E-state index contributed by atoms with van der Waals surface area (Å²) in [5.41, 5.74) is 0. The first-order chi connectivity index (χ1) is 10.3. The molecule has 0 atom stereocenters. The summed E-state index contributed by atoms with van der Waals surface area (Å²) in [6.07, 6.45) is 1.94. The Morgan fingerprint density at radius 1 is 1.41 bits per heavy atom. The van der Waals surface area contributed by atoms with Gasteiger partial charge in [-0.15, -0.1) is 5.10 Å². The lowest BCUT2D eigenvalue weighted by atomic mass is 10.3. The molecule has 0 N–H and O–H groups in total. The lowest BCUT2D eigenvalue weighted by molar-refractivity contribution is 0.163. The number of nitrogens with zero attached hydrogens (tertiary/aromatic N) is 4. The Balaban J connectivity index is 2.88. The van der Waals surface area contributed by atoms with Crippen LogP contribution in [0.2, 0.25) is 0 Å². The van der Waals surface area contributed by atoms with Gasteiger partial charge in [-0.25, -0.2) is 18.2 Å². The van der Waals surface area contributed by atoms with Crippen molar-refractivity contribution in [1.29, 1.82) is 0 Å². The van der Waals surface area contributed by atoms with Crippen molar-refractivity contribution in [1.82, 2.24) is 19.7 Å². The van der Waals surface area contributed by atoms with E-state index in [1.165, 1.54) is 0 Å². The van der Waals surface area contributed by atoms with E-state index in [0.717, 1.165) is 17.4 Å². The van der Waals surface area contributed by atoms with Crippen LogP contribution in [0.25, 0.3) is 0 Å². The summed E-state index contributed by atoms with van der Waals surface area (Å²) >= 11 is 0. The molecule has 0 fully saturated rings. The number of rotatable bonds is 8. The molecule has 0 aromatic carbocycles. The lowest BCUT2D eigenvalue weighted by Gasteiger charge is -2.25. The smallest absolute Gasteiger partial charge is 0.346 e. The molecular weight excluding hydrogens is 308 g/mol. The molecule has 22 heavy (non-hydrogen) atoms. The number of ether oxygens (including phenoxy) is 1. The van der Waals surface area contributed by atoms with Crippen molar-refractivity contribution in [2.45, 2.75) is 45.3 Å². The van der Waals surface area contributed by atoms with Crippen LogP contribution in [-0.2, 0) is 14.6 Å². The topological polar surface area (TPSA) is 94.4 Å². The van der Waals surface area contributed by atoms with Crippen LogP contribution >= 0.6 is 0 Å². The Bertz CT molecular complexity index is 583. The van der Waals surface area contributed by atoms with Crippen molar-refractivity contribution < 1.29 is 17.9 Å². The molecule has 9 heteroatoms. The van der Waals surface area contributed by atoms with Crippen LogP contribution < -0.4 is 0 Å². The van der Waals surface area contributed by atoms with Gasteiger partial charge in [-0.2, -0.15) is 4.68 Å². The molecule has 1 rings (SSSR count). The number of amides is 1. The van der Waals surface area contributed by atoms with Gasteiger partial charge in [-0.05, 0) is 27.2 Å². The van der Waals surface area contributed by atoms with Gasteiger partial charge in [0.2, 0.25) is 9.84 Å². The molecule has 126 valence electrons. The van der Waals surface area contributed by atoms with Crippen molar-refractivity contribution in [3.05, 3.63) is 6.33 Å². The average molecular weight is 332 g/mol. The normalized spacial score (nSPS) is 11.9. The van der Waals surface area contributed by atoms with Crippen LogP contribution in [0.4, 0.5) is 4.79 Å². The molecule has 0 saturated heterocycles. The number of aromatic nitrogens is 3. The third kappa shape index (κ3) is 4.77. The van der Waals surface area contributed by atoms with Crippen molar-refractivity contribution in [3.63, 3.8) is 0 Å². The highest BCUT2D eigenvalue weighted by molar-refractivity contribution is 7.91. The highest BCUT2D eigenvalue weighted by Crippen LogP contribution is 2.07. The molecule has 1 aromatic rings. The quantitative estimate of drug-likeness (QED) is 0.663. The highest BCUT2D eigenvalue weighted by atomic mass is 32.2. The summed E-state index contributed by atoms with van der Waals surface area (Å²) in [5.74, 6) is -0.206. The lowest BCUT2D eigenvalue weighted by Crippen LogP contribution is -2.40. The maximum Gasteiger partial charge on any atom is 0.346 e. The Labute approximate surface area is 131 Å². The van der Waals surface area contributed by atoms with E-state index in [4.69, 9.17) is 4.74 Å². The van der Waals surface area contributed by atoms with Gasteiger partial charge in [0.15, 0.2) is 0 Å². The van der Waals surface area contributed by atoms with Crippen LogP contribution in [0.5, 0.6) is 0 Å². The second-order valence-electron chi connectivity index (χ2n) is 5.06. The van der Waals surface area contributed by atoms with E-state index in [1.54, 1.807) is 11.8 Å². The molecule has 0 aliphatic heterocycles. The van der Waals surface area contributed by atoms with Crippen molar-refractivity contribution in [2.75, 3.05) is 25.5 Å². The average Bonchev–Trinajstić information content (AvgIpc) is 2.94. The summed E-state index contributed by atoms with van der Waals surface area (Å²) in [6.45, 7) is 8.63. The van der Waals surface area contributed by atoms with Crippen LogP contribution in [0.15, 0.2) is 11.5 Å². The molecule has 0 unspecified atom stereocenters. The summed E-state index contributed by atoms with van der Waals surface area (Å²) in [5, 5.41) is 3.47. The molecule has 1 amide bonds. The van der Waals surface area contributed by atoms with Gasteiger partial charge >= 0.3 is 6.03 Å². The predicted molar refractivity (Wildman–Crippen MR) is 81.5 cm³/mol. The van der Waals surface area contributed by atoms with E-state index < -0.39 is 9.84 Å². The van der Waals surface area contributed by atoms with Crippen LogP contribution in [0.3, 0.4) is 0 Å². The number of carbonyl (C=O) groups excluding carboxylic acids is 1. The molecule has 0 radical (unpaired) electrons. The Hall–Kier alpha value is -1.48. The van der Waals surface area contributed by atoms with Gasteiger partial charge in [-0.3, -0.25) is 0 Å². The minimum absolute atomic E-state index is 0.00494. The van der Waals surface area contributed by atoms with Crippen LogP contribution in [0, 0.1) is 0 Å². The molecule has 0 aliphatic rings. The molecule has 1 heterocycles. The van der Waals surface area contributed by atoms with Gasteiger partial charge in [0, 0.05) is 19.2 Å². The molecular formula is C13H24N4O4S. The fourth-order valence-corrected chi connectivity index (χ4v) is 2.77. The van der Waals surface area contributed by atoms with E-state index in [-0.39, 0.29) is 29.6 Å². The molecule has 0 spiro atoms. The van der Waals surface area contributed by atoms with Crippen molar-refractivity contribution in [2.24, 2.45) is 0 Å². The summed E-state index contributed by atoms with van der Waals surface area (Å²) in [4.78, 5) is 17.7. The van der Waals surface area contributed by atoms with E-state index in [2.05, 4.69) is 10.1 Å². The second kappa shape index (κ2) is 8.23. The van der Waals surface area contributed by atoms with Gasteiger partial charge in [0.1, 0.15) is 6.33 Å². The predicted octanol–water partition coefficient (Wildman–Crippen LogP) is 1.18. The molecule has 0 bridgehead atoms. The Morgan fingerprint density at radius 3 is 2.64 bits per heavy atom. The van der Waals surface area contributed by atoms with Crippen molar-refractivity contribution in [3.8, 4) is 0 Å². The first-order valence-corrected chi connectivity index (χ1v) is 9.01. The maximum absolute atomic E-state index is 12.3. The zero-order valence-electron chi connectivity index (χ0n) is 13.5. The molecule has 8 nitrogen and oxygen atoms in total. The minimum Gasteiger partial charge on any atom is -0.381 e. The fraction of sp³-hybridized carbons (Fsp3) is 0.769. The second-order valence-corrected chi connectivity index (χ2v) is 7.06. The Kier molecular flexibility index (Phi) is 6.95. The zero-order chi connectivity index (χ0) is 16.8. The number of carbonyl (C=O) groups is 1.